The predicted molar refractivity (Wildman–Crippen MR) is 108 cm³/mol. The minimum absolute atomic E-state index is 0.268. The molecule has 4 rings (SSSR count). The second-order valence-corrected chi connectivity index (χ2v) is 5.99. The molecule has 28 heavy (non-hydrogen) atoms. The fourth-order valence-electron chi connectivity index (χ4n) is 2.74. The Bertz CT molecular complexity index is 1110. The summed E-state index contributed by atoms with van der Waals surface area (Å²) in [7, 11) is 1.58. The number of nitrogens with zero attached hydrogens (tertiary/aromatic N) is 3. The van der Waals surface area contributed by atoms with Crippen LogP contribution in [0.5, 0.6) is 5.75 Å². The SMILES string of the molecule is COc1ccc(C(=O)Nc2ccc(Nc3cccc4cccnc34)nn2)cc1. The van der Waals surface area contributed by atoms with Crippen molar-refractivity contribution in [1.82, 2.24) is 15.2 Å². The molecule has 2 aromatic carbocycles. The Kier molecular flexibility index (Phi) is 4.79. The average Bonchev–Trinajstić information content (AvgIpc) is 2.75. The van der Waals surface area contributed by atoms with E-state index >= 15 is 0 Å². The van der Waals surface area contributed by atoms with Crippen molar-refractivity contribution in [2.75, 3.05) is 17.7 Å². The number of amides is 1. The van der Waals surface area contributed by atoms with Gasteiger partial charge in [0.15, 0.2) is 11.6 Å². The molecule has 0 atom stereocenters. The lowest BCUT2D eigenvalue weighted by molar-refractivity contribution is 0.102. The maximum atomic E-state index is 12.3. The number of para-hydroxylation sites is 1. The van der Waals surface area contributed by atoms with Gasteiger partial charge in [0.25, 0.3) is 5.91 Å². The van der Waals surface area contributed by atoms with Gasteiger partial charge in [-0.15, -0.1) is 10.2 Å². The van der Waals surface area contributed by atoms with Crippen LogP contribution in [-0.4, -0.2) is 28.2 Å². The van der Waals surface area contributed by atoms with Crippen molar-refractivity contribution in [2.24, 2.45) is 0 Å². The quantitative estimate of drug-likeness (QED) is 0.551. The van der Waals surface area contributed by atoms with Crippen molar-refractivity contribution in [3.05, 3.63) is 78.5 Å². The second-order valence-electron chi connectivity index (χ2n) is 5.99. The first-order valence-corrected chi connectivity index (χ1v) is 8.63. The van der Waals surface area contributed by atoms with Crippen LogP contribution in [0.25, 0.3) is 10.9 Å². The Balaban J connectivity index is 1.47. The molecule has 2 N–H and O–H groups in total. The number of rotatable bonds is 5. The number of fused-ring (bicyclic) bond motifs is 1. The van der Waals surface area contributed by atoms with Crippen molar-refractivity contribution < 1.29 is 9.53 Å². The van der Waals surface area contributed by atoms with E-state index in [1.807, 2.05) is 30.3 Å². The molecule has 7 heteroatoms. The molecule has 4 aromatic rings. The van der Waals surface area contributed by atoms with Crippen LogP contribution in [0.3, 0.4) is 0 Å². The maximum Gasteiger partial charge on any atom is 0.256 e. The third-order valence-corrected chi connectivity index (χ3v) is 4.15. The normalized spacial score (nSPS) is 10.5. The maximum absolute atomic E-state index is 12.3. The van der Waals surface area contributed by atoms with E-state index in [0.29, 0.717) is 22.9 Å². The average molecular weight is 371 g/mol. The van der Waals surface area contributed by atoms with Gasteiger partial charge < -0.3 is 15.4 Å². The van der Waals surface area contributed by atoms with Gasteiger partial charge in [-0.3, -0.25) is 9.78 Å². The van der Waals surface area contributed by atoms with E-state index in [-0.39, 0.29) is 5.91 Å². The van der Waals surface area contributed by atoms with E-state index in [1.165, 1.54) is 0 Å². The Labute approximate surface area is 161 Å². The number of methoxy groups -OCH3 is 1. The summed E-state index contributed by atoms with van der Waals surface area (Å²) < 4.78 is 5.09. The van der Waals surface area contributed by atoms with Crippen molar-refractivity contribution in [3.8, 4) is 5.75 Å². The van der Waals surface area contributed by atoms with Gasteiger partial charge in [0.2, 0.25) is 0 Å². The predicted octanol–water partition coefficient (Wildman–Crippen LogP) is 4.03. The summed E-state index contributed by atoms with van der Waals surface area (Å²) in [5, 5.41) is 15.2. The molecular formula is C21H17N5O2. The third kappa shape index (κ3) is 3.73. The smallest absolute Gasteiger partial charge is 0.256 e. The number of ether oxygens (including phenoxy) is 1. The zero-order chi connectivity index (χ0) is 19.3. The molecule has 0 aliphatic rings. The number of anilines is 3. The molecular weight excluding hydrogens is 354 g/mol. The standard InChI is InChI=1S/C21H17N5O2/c1-28-16-9-7-15(8-10-16)21(27)24-19-12-11-18(25-26-19)23-17-6-2-4-14-5-3-13-22-20(14)17/h2-13H,1H3,(H,23,25)(H,24,26,27). The largest absolute Gasteiger partial charge is 0.497 e. The number of aromatic nitrogens is 3. The van der Waals surface area contributed by atoms with Crippen LogP contribution in [-0.2, 0) is 0 Å². The monoisotopic (exact) mass is 371 g/mol. The molecule has 0 spiro atoms. The van der Waals surface area contributed by atoms with Crippen LogP contribution < -0.4 is 15.4 Å². The summed E-state index contributed by atoms with van der Waals surface area (Å²) in [4.78, 5) is 16.7. The van der Waals surface area contributed by atoms with Gasteiger partial charge in [-0.2, -0.15) is 0 Å². The van der Waals surface area contributed by atoms with Crippen LogP contribution in [0, 0.1) is 0 Å². The third-order valence-electron chi connectivity index (χ3n) is 4.15. The fourth-order valence-corrected chi connectivity index (χ4v) is 2.74. The highest BCUT2D eigenvalue weighted by molar-refractivity contribution is 6.03. The number of nitrogens with one attached hydrogen (secondary N) is 2. The van der Waals surface area contributed by atoms with Gasteiger partial charge in [0.05, 0.1) is 18.3 Å². The van der Waals surface area contributed by atoms with Gasteiger partial charge >= 0.3 is 0 Å². The van der Waals surface area contributed by atoms with E-state index in [0.717, 1.165) is 16.6 Å². The zero-order valence-electron chi connectivity index (χ0n) is 15.1. The van der Waals surface area contributed by atoms with E-state index in [4.69, 9.17) is 4.74 Å². The van der Waals surface area contributed by atoms with Crippen LogP contribution in [0.2, 0.25) is 0 Å². The lowest BCUT2D eigenvalue weighted by Crippen LogP contribution is -2.13. The number of benzene rings is 2. The first kappa shape index (κ1) is 17.4. The Morgan fingerprint density at radius 1 is 0.893 bits per heavy atom. The lowest BCUT2D eigenvalue weighted by Gasteiger charge is -2.09. The molecule has 0 unspecified atom stereocenters. The second kappa shape index (κ2) is 7.71. The fraction of sp³-hybridized carbons (Fsp3) is 0.0476. The molecule has 0 saturated heterocycles. The van der Waals surface area contributed by atoms with E-state index in [2.05, 4.69) is 25.8 Å². The summed E-state index contributed by atoms with van der Waals surface area (Å²) in [5.74, 6) is 1.34. The van der Waals surface area contributed by atoms with Crippen molar-refractivity contribution in [1.29, 1.82) is 0 Å². The Hall–Kier alpha value is -4.00. The molecule has 1 amide bonds. The summed E-state index contributed by atoms with van der Waals surface area (Å²) in [5.41, 5.74) is 2.19. The van der Waals surface area contributed by atoms with E-state index in [9.17, 15) is 4.79 Å². The molecule has 0 aliphatic carbocycles. The molecule has 2 heterocycles. The Morgan fingerprint density at radius 2 is 1.64 bits per heavy atom. The van der Waals surface area contributed by atoms with Gasteiger partial charge in [-0.25, -0.2) is 0 Å². The lowest BCUT2D eigenvalue weighted by atomic mass is 10.2. The minimum Gasteiger partial charge on any atom is -0.497 e. The number of hydrogen-bond acceptors (Lipinski definition) is 6. The molecule has 0 radical (unpaired) electrons. The van der Waals surface area contributed by atoms with Crippen molar-refractivity contribution in [3.63, 3.8) is 0 Å². The van der Waals surface area contributed by atoms with Crippen LogP contribution in [0.15, 0.2) is 72.9 Å². The molecule has 2 aromatic heterocycles. The zero-order valence-corrected chi connectivity index (χ0v) is 15.1. The summed E-state index contributed by atoms with van der Waals surface area (Å²) in [6.07, 6.45) is 1.75. The number of carbonyl (C=O) groups excluding carboxylic acids is 1. The molecule has 0 bridgehead atoms. The van der Waals surface area contributed by atoms with Gasteiger partial charge in [0, 0.05) is 17.1 Å². The molecule has 0 fully saturated rings. The summed E-state index contributed by atoms with van der Waals surface area (Å²) >= 11 is 0. The molecule has 138 valence electrons. The summed E-state index contributed by atoms with van der Waals surface area (Å²) in [6, 6.07) is 20.0. The summed E-state index contributed by atoms with van der Waals surface area (Å²) in [6.45, 7) is 0. The van der Waals surface area contributed by atoms with Gasteiger partial charge in [-0.1, -0.05) is 18.2 Å². The van der Waals surface area contributed by atoms with Crippen LogP contribution in [0.1, 0.15) is 10.4 Å². The number of hydrogen-bond donors (Lipinski definition) is 2. The van der Waals surface area contributed by atoms with Gasteiger partial charge in [-0.05, 0) is 48.5 Å². The van der Waals surface area contributed by atoms with Gasteiger partial charge in [0.1, 0.15) is 5.75 Å². The molecule has 0 saturated carbocycles. The van der Waals surface area contributed by atoms with E-state index < -0.39 is 0 Å². The number of pyridine rings is 1. The highest BCUT2D eigenvalue weighted by Gasteiger charge is 2.08. The van der Waals surface area contributed by atoms with Crippen molar-refractivity contribution >= 4 is 34.1 Å². The first-order chi connectivity index (χ1) is 13.7. The van der Waals surface area contributed by atoms with Crippen LogP contribution >= 0.6 is 0 Å². The van der Waals surface area contributed by atoms with Crippen molar-refractivity contribution in [2.45, 2.75) is 0 Å². The number of carbonyl (C=O) groups is 1. The minimum atomic E-state index is -0.268. The van der Waals surface area contributed by atoms with E-state index in [1.54, 1.807) is 49.7 Å². The highest BCUT2D eigenvalue weighted by atomic mass is 16.5. The highest BCUT2D eigenvalue weighted by Crippen LogP contribution is 2.23. The topological polar surface area (TPSA) is 89.0 Å². The molecule has 0 aliphatic heterocycles. The van der Waals surface area contributed by atoms with Crippen LogP contribution in [0.4, 0.5) is 17.3 Å². The molecule has 7 nitrogen and oxygen atoms in total. The Morgan fingerprint density at radius 3 is 2.39 bits per heavy atom. The first-order valence-electron chi connectivity index (χ1n) is 8.63.